The SMILES string of the molecule is CC(C)(C)OC(=O)N1CC2(C1)CN(C(=O)c1sc(-c3cccc(F)c3)cc1N)C2. The molecule has 2 aromatic rings. The first kappa shape index (κ1) is 19.7. The third-order valence-corrected chi connectivity index (χ3v) is 6.30. The summed E-state index contributed by atoms with van der Waals surface area (Å²) in [5.74, 6) is -0.442. The van der Waals surface area contributed by atoms with Gasteiger partial charge in [0, 0.05) is 36.5 Å². The maximum absolute atomic E-state index is 13.5. The second-order valence-electron chi connectivity index (χ2n) is 8.90. The molecule has 3 heterocycles. The normalized spacial score (nSPS) is 17.7. The second-order valence-corrected chi connectivity index (χ2v) is 9.96. The zero-order chi connectivity index (χ0) is 21.0. The number of thiophene rings is 1. The summed E-state index contributed by atoms with van der Waals surface area (Å²) in [6, 6.07) is 7.95. The average molecular weight is 418 g/mol. The third-order valence-electron chi connectivity index (χ3n) is 5.11. The first-order valence-electron chi connectivity index (χ1n) is 9.48. The van der Waals surface area contributed by atoms with E-state index in [9.17, 15) is 14.0 Å². The van der Waals surface area contributed by atoms with Crippen molar-refractivity contribution in [2.24, 2.45) is 5.41 Å². The van der Waals surface area contributed by atoms with E-state index >= 15 is 0 Å². The van der Waals surface area contributed by atoms with Gasteiger partial charge in [-0.25, -0.2) is 9.18 Å². The number of ether oxygens (including phenoxy) is 1. The molecule has 0 unspecified atom stereocenters. The number of hydrogen-bond acceptors (Lipinski definition) is 5. The zero-order valence-corrected chi connectivity index (χ0v) is 17.5. The molecule has 0 bridgehead atoms. The van der Waals surface area contributed by atoms with E-state index in [0.717, 1.165) is 4.88 Å². The molecular weight excluding hydrogens is 393 g/mol. The van der Waals surface area contributed by atoms with Crippen LogP contribution in [0.1, 0.15) is 30.4 Å². The molecule has 8 heteroatoms. The third kappa shape index (κ3) is 3.81. The number of anilines is 1. The lowest BCUT2D eigenvalue weighted by Crippen LogP contribution is -2.73. The molecule has 0 atom stereocenters. The number of benzene rings is 1. The van der Waals surface area contributed by atoms with Crippen LogP contribution in [0.3, 0.4) is 0 Å². The second kappa shape index (κ2) is 6.73. The van der Waals surface area contributed by atoms with Crippen LogP contribution in [0.15, 0.2) is 30.3 Å². The van der Waals surface area contributed by atoms with Crippen LogP contribution in [-0.4, -0.2) is 53.6 Å². The van der Waals surface area contributed by atoms with Gasteiger partial charge in [0.25, 0.3) is 5.91 Å². The van der Waals surface area contributed by atoms with Crippen LogP contribution >= 0.6 is 11.3 Å². The fourth-order valence-corrected chi connectivity index (χ4v) is 4.87. The number of carbonyl (C=O) groups excluding carboxylic acids is 2. The van der Waals surface area contributed by atoms with Crippen molar-refractivity contribution >= 4 is 29.0 Å². The molecule has 2 fully saturated rings. The number of hydrogen-bond donors (Lipinski definition) is 1. The standard InChI is InChI=1S/C21H24FN3O3S/c1-20(2,3)28-19(27)25-11-21(12-25)9-24(10-21)18(26)17-15(23)8-16(29-17)13-5-4-6-14(22)7-13/h4-8H,9-12,23H2,1-3H3. The van der Waals surface area contributed by atoms with Gasteiger partial charge in [0.15, 0.2) is 0 Å². The Morgan fingerprint density at radius 3 is 2.41 bits per heavy atom. The quantitative estimate of drug-likeness (QED) is 0.806. The van der Waals surface area contributed by atoms with Crippen molar-refractivity contribution in [3.05, 3.63) is 41.0 Å². The molecule has 2 N–H and O–H groups in total. The molecule has 2 aliphatic rings. The van der Waals surface area contributed by atoms with Crippen molar-refractivity contribution in [1.29, 1.82) is 0 Å². The van der Waals surface area contributed by atoms with Crippen molar-refractivity contribution in [2.75, 3.05) is 31.9 Å². The minimum Gasteiger partial charge on any atom is -0.444 e. The van der Waals surface area contributed by atoms with Crippen LogP contribution in [0.5, 0.6) is 0 Å². The molecule has 0 saturated carbocycles. The van der Waals surface area contributed by atoms with E-state index in [-0.39, 0.29) is 23.2 Å². The highest BCUT2D eigenvalue weighted by atomic mass is 32.1. The lowest BCUT2D eigenvalue weighted by Gasteiger charge is -2.59. The first-order valence-corrected chi connectivity index (χ1v) is 10.3. The van der Waals surface area contributed by atoms with Crippen LogP contribution in [0, 0.1) is 11.2 Å². The van der Waals surface area contributed by atoms with Crippen LogP contribution in [0.4, 0.5) is 14.9 Å². The monoisotopic (exact) mass is 417 g/mol. The van der Waals surface area contributed by atoms with Crippen molar-refractivity contribution in [2.45, 2.75) is 26.4 Å². The van der Waals surface area contributed by atoms with E-state index in [4.69, 9.17) is 10.5 Å². The molecule has 2 amide bonds. The smallest absolute Gasteiger partial charge is 0.410 e. The van der Waals surface area contributed by atoms with Gasteiger partial charge in [-0.05, 0) is 44.5 Å². The van der Waals surface area contributed by atoms with E-state index in [1.54, 1.807) is 28.0 Å². The van der Waals surface area contributed by atoms with Crippen LogP contribution in [0.25, 0.3) is 10.4 Å². The largest absolute Gasteiger partial charge is 0.444 e. The van der Waals surface area contributed by atoms with Gasteiger partial charge in [0.1, 0.15) is 16.3 Å². The summed E-state index contributed by atoms with van der Waals surface area (Å²) in [6.07, 6.45) is -0.310. The Labute approximate surface area is 173 Å². The number of nitrogens with zero attached hydrogens (tertiary/aromatic N) is 2. The number of nitrogen functional groups attached to an aromatic ring is 1. The molecule has 0 aliphatic carbocycles. The molecule has 2 saturated heterocycles. The Morgan fingerprint density at radius 2 is 1.79 bits per heavy atom. The van der Waals surface area contributed by atoms with Gasteiger partial charge in [-0.15, -0.1) is 11.3 Å². The number of halogens is 1. The van der Waals surface area contributed by atoms with Crippen LogP contribution in [-0.2, 0) is 4.74 Å². The summed E-state index contributed by atoms with van der Waals surface area (Å²) in [6.45, 7) is 7.91. The van der Waals surface area contributed by atoms with Gasteiger partial charge in [-0.1, -0.05) is 12.1 Å². The van der Waals surface area contributed by atoms with E-state index in [0.29, 0.717) is 42.3 Å². The maximum atomic E-state index is 13.5. The molecule has 154 valence electrons. The highest BCUT2D eigenvalue weighted by Gasteiger charge is 2.55. The first-order chi connectivity index (χ1) is 13.6. The number of nitrogens with two attached hydrogens (primary N) is 1. The molecule has 1 aromatic heterocycles. The summed E-state index contributed by atoms with van der Waals surface area (Å²) < 4.78 is 18.9. The molecule has 0 radical (unpaired) electrons. The summed E-state index contributed by atoms with van der Waals surface area (Å²) in [5, 5.41) is 0. The minimum absolute atomic E-state index is 0.0377. The van der Waals surface area contributed by atoms with Gasteiger partial charge in [-0.2, -0.15) is 0 Å². The highest BCUT2D eigenvalue weighted by Crippen LogP contribution is 2.42. The van der Waals surface area contributed by atoms with E-state index in [2.05, 4.69) is 0 Å². The Morgan fingerprint density at radius 1 is 1.14 bits per heavy atom. The van der Waals surface area contributed by atoms with Crippen LogP contribution in [0.2, 0.25) is 0 Å². The number of rotatable bonds is 2. The average Bonchev–Trinajstić information content (AvgIpc) is 2.92. The van der Waals surface area contributed by atoms with E-state index in [1.165, 1.54) is 23.5 Å². The molecular formula is C21H24FN3O3S. The predicted octanol–water partition coefficient (Wildman–Crippen LogP) is 3.83. The van der Waals surface area contributed by atoms with Gasteiger partial charge in [-0.3, -0.25) is 4.79 Å². The van der Waals surface area contributed by atoms with E-state index in [1.807, 2.05) is 20.8 Å². The lowest BCUT2D eigenvalue weighted by molar-refractivity contribution is -0.0979. The summed E-state index contributed by atoms with van der Waals surface area (Å²) in [7, 11) is 0. The predicted molar refractivity (Wildman–Crippen MR) is 110 cm³/mol. The molecule has 29 heavy (non-hydrogen) atoms. The molecule has 2 aliphatic heterocycles. The molecule has 6 nitrogen and oxygen atoms in total. The summed E-state index contributed by atoms with van der Waals surface area (Å²) in [5.41, 5.74) is 6.62. The maximum Gasteiger partial charge on any atom is 0.410 e. The number of carbonyl (C=O) groups is 2. The lowest BCUT2D eigenvalue weighted by atomic mass is 9.73. The molecule has 4 rings (SSSR count). The van der Waals surface area contributed by atoms with Gasteiger partial charge < -0.3 is 20.3 Å². The van der Waals surface area contributed by atoms with Crippen molar-refractivity contribution < 1.29 is 18.7 Å². The number of likely N-dealkylation sites (tertiary alicyclic amines) is 2. The topological polar surface area (TPSA) is 75.9 Å². The van der Waals surface area contributed by atoms with Gasteiger partial charge in [0.2, 0.25) is 0 Å². The van der Waals surface area contributed by atoms with E-state index < -0.39 is 5.60 Å². The van der Waals surface area contributed by atoms with Crippen molar-refractivity contribution in [3.8, 4) is 10.4 Å². The number of amides is 2. The zero-order valence-electron chi connectivity index (χ0n) is 16.7. The Balaban J connectivity index is 1.37. The Hall–Kier alpha value is -2.61. The summed E-state index contributed by atoms with van der Waals surface area (Å²) >= 11 is 1.28. The van der Waals surface area contributed by atoms with Crippen molar-refractivity contribution in [1.82, 2.24) is 9.80 Å². The fraction of sp³-hybridized carbons (Fsp3) is 0.429. The summed E-state index contributed by atoms with van der Waals surface area (Å²) in [4.78, 5) is 29.6. The minimum atomic E-state index is -0.516. The molecule has 1 aromatic carbocycles. The van der Waals surface area contributed by atoms with Gasteiger partial charge in [0.05, 0.1) is 5.69 Å². The Bertz CT molecular complexity index is 968. The van der Waals surface area contributed by atoms with Gasteiger partial charge >= 0.3 is 6.09 Å². The van der Waals surface area contributed by atoms with Crippen LogP contribution < -0.4 is 5.73 Å². The fourth-order valence-electron chi connectivity index (χ4n) is 3.83. The molecule has 1 spiro atoms. The van der Waals surface area contributed by atoms with Crippen molar-refractivity contribution in [3.63, 3.8) is 0 Å². The highest BCUT2D eigenvalue weighted by molar-refractivity contribution is 7.18. The Kier molecular flexibility index (Phi) is 4.57.